The van der Waals surface area contributed by atoms with Crippen molar-refractivity contribution < 1.29 is 32.6 Å². The largest absolute Gasteiger partial charge is 0.481 e. The van der Waals surface area contributed by atoms with Crippen molar-refractivity contribution in [3.8, 4) is 11.5 Å². The van der Waals surface area contributed by atoms with E-state index in [-0.39, 0.29) is 49.2 Å². The highest BCUT2D eigenvalue weighted by atomic mass is 19.3. The zero-order valence-electron chi connectivity index (χ0n) is 17.8. The van der Waals surface area contributed by atoms with Crippen molar-refractivity contribution in [2.45, 2.75) is 26.6 Å². The zero-order valence-corrected chi connectivity index (χ0v) is 17.8. The van der Waals surface area contributed by atoms with Gasteiger partial charge in [0.2, 0.25) is 0 Å². The molecule has 0 bridgehead atoms. The summed E-state index contributed by atoms with van der Waals surface area (Å²) in [6, 6.07) is 12.4. The molecule has 7 nitrogen and oxygen atoms in total. The number of piperazine rings is 1. The van der Waals surface area contributed by atoms with Gasteiger partial charge in [0.15, 0.2) is 11.9 Å². The second-order valence-corrected chi connectivity index (χ2v) is 7.34. The van der Waals surface area contributed by atoms with Gasteiger partial charge < -0.3 is 19.3 Å². The van der Waals surface area contributed by atoms with Crippen LogP contribution >= 0.6 is 0 Å². The lowest BCUT2D eigenvalue weighted by molar-refractivity contribution is -0.139. The molecule has 1 heterocycles. The van der Waals surface area contributed by atoms with Crippen LogP contribution in [0.15, 0.2) is 48.5 Å². The summed E-state index contributed by atoms with van der Waals surface area (Å²) in [5.41, 5.74) is 0.542. The first-order valence-electron chi connectivity index (χ1n) is 10.2. The van der Waals surface area contributed by atoms with Crippen LogP contribution in [0.4, 0.5) is 8.78 Å². The third kappa shape index (κ3) is 5.60. The molecule has 2 aromatic carbocycles. The summed E-state index contributed by atoms with van der Waals surface area (Å²) in [5.74, 6) is -0.537. The lowest BCUT2D eigenvalue weighted by atomic mass is 10.1. The molecule has 9 heteroatoms. The lowest BCUT2D eigenvalue weighted by Crippen LogP contribution is -2.53. The number of carbonyl (C=O) groups is 3. The minimum absolute atomic E-state index is 0.0506. The fourth-order valence-corrected chi connectivity index (χ4v) is 3.44. The smallest absolute Gasteiger partial charge is 0.387 e. The third-order valence-electron chi connectivity index (χ3n) is 5.11. The molecule has 0 radical (unpaired) electrons. The molecular weight excluding hydrogens is 422 g/mol. The summed E-state index contributed by atoms with van der Waals surface area (Å²) in [6.45, 7) is 1.11. The summed E-state index contributed by atoms with van der Waals surface area (Å²) in [5, 5.41) is 0. The number of hydrogen-bond donors (Lipinski definition) is 0. The number of nitrogens with zero attached hydrogens (tertiary/aromatic N) is 2. The number of amides is 2. The molecule has 170 valence electrons. The van der Waals surface area contributed by atoms with Gasteiger partial charge in [-0.3, -0.25) is 14.4 Å². The van der Waals surface area contributed by atoms with E-state index in [4.69, 9.17) is 4.74 Å². The fraction of sp³-hybridized carbons (Fsp3) is 0.348. The summed E-state index contributed by atoms with van der Waals surface area (Å²) >= 11 is 0. The minimum atomic E-state index is -3.03. The lowest BCUT2D eigenvalue weighted by Gasteiger charge is -2.36. The van der Waals surface area contributed by atoms with Crippen LogP contribution in [0.5, 0.6) is 11.5 Å². The first-order chi connectivity index (χ1) is 15.3. The number of Topliss-reactive ketones (excluding diaryl/α,β-unsaturated/α-hetero) is 1. The number of halogens is 2. The molecule has 0 aromatic heterocycles. The Labute approximate surface area is 184 Å². The molecular formula is C23H24F2N2O5. The van der Waals surface area contributed by atoms with Crippen LogP contribution in [0, 0.1) is 0 Å². The standard InChI is InChI=1S/C23H24F2N2O5/c1-15(28)17-6-5-7-18(14-17)31-16(2)21(29)26-10-12-27(13-11-26)22(30)19-8-3-4-9-20(19)32-23(24)25/h3-9,14,16,23H,10-13H2,1-2H3. The Morgan fingerprint density at radius 3 is 2.22 bits per heavy atom. The highest BCUT2D eigenvalue weighted by Crippen LogP contribution is 2.23. The second kappa shape index (κ2) is 10.2. The Bertz CT molecular complexity index is 990. The Morgan fingerprint density at radius 2 is 1.56 bits per heavy atom. The van der Waals surface area contributed by atoms with Crippen LogP contribution in [0.25, 0.3) is 0 Å². The van der Waals surface area contributed by atoms with Crippen molar-refractivity contribution in [1.82, 2.24) is 9.80 Å². The van der Waals surface area contributed by atoms with E-state index in [0.717, 1.165) is 0 Å². The molecule has 2 aromatic rings. The molecule has 1 aliphatic heterocycles. The van der Waals surface area contributed by atoms with Crippen molar-refractivity contribution in [3.63, 3.8) is 0 Å². The molecule has 2 amide bonds. The van der Waals surface area contributed by atoms with Gasteiger partial charge in [0, 0.05) is 31.7 Å². The Balaban J connectivity index is 1.58. The van der Waals surface area contributed by atoms with E-state index in [1.165, 1.54) is 30.0 Å². The normalized spacial score (nSPS) is 14.8. The van der Waals surface area contributed by atoms with Crippen LogP contribution in [-0.2, 0) is 4.79 Å². The number of alkyl halides is 2. The van der Waals surface area contributed by atoms with E-state index in [1.54, 1.807) is 42.2 Å². The Hall–Kier alpha value is -3.49. The number of para-hydroxylation sites is 1. The maximum Gasteiger partial charge on any atom is 0.387 e. The molecule has 3 rings (SSSR count). The Morgan fingerprint density at radius 1 is 0.906 bits per heavy atom. The molecule has 0 N–H and O–H groups in total. The van der Waals surface area contributed by atoms with Gasteiger partial charge in [-0.2, -0.15) is 8.78 Å². The van der Waals surface area contributed by atoms with Crippen molar-refractivity contribution in [2.75, 3.05) is 26.2 Å². The van der Waals surface area contributed by atoms with Gasteiger partial charge in [-0.1, -0.05) is 24.3 Å². The maximum absolute atomic E-state index is 12.8. The first kappa shape index (κ1) is 23.2. The third-order valence-corrected chi connectivity index (χ3v) is 5.11. The molecule has 0 spiro atoms. The van der Waals surface area contributed by atoms with Crippen molar-refractivity contribution in [1.29, 1.82) is 0 Å². The van der Waals surface area contributed by atoms with E-state index in [2.05, 4.69) is 4.74 Å². The van der Waals surface area contributed by atoms with Crippen molar-refractivity contribution >= 4 is 17.6 Å². The number of hydrogen-bond acceptors (Lipinski definition) is 5. The molecule has 0 aliphatic carbocycles. The molecule has 0 saturated carbocycles. The van der Waals surface area contributed by atoms with Crippen molar-refractivity contribution in [2.24, 2.45) is 0 Å². The SMILES string of the molecule is CC(=O)c1cccc(OC(C)C(=O)N2CCN(C(=O)c3ccccc3OC(F)F)CC2)c1. The molecule has 1 aliphatic rings. The van der Waals surface area contributed by atoms with E-state index in [0.29, 0.717) is 11.3 Å². The van der Waals surface area contributed by atoms with Crippen LogP contribution in [0.2, 0.25) is 0 Å². The average molecular weight is 446 g/mol. The quantitative estimate of drug-likeness (QED) is 0.611. The van der Waals surface area contributed by atoms with Crippen LogP contribution in [-0.4, -0.2) is 66.3 Å². The van der Waals surface area contributed by atoms with E-state index in [1.807, 2.05) is 0 Å². The van der Waals surface area contributed by atoms with Gasteiger partial charge in [-0.25, -0.2) is 0 Å². The highest BCUT2D eigenvalue weighted by Gasteiger charge is 2.29. The van der Waals surface area contributed by atoms with Crippen molar-refractivity contribution in [3.05, 3.63) is 59.7 Å². The Kier molecular flexibility index (Phi) is 7.40. The molecule has 32 heavy (non-hydrogen) atoms. The summed E-state index contributed by atoms with van der Waals surface area (Å²) in [4.78, 5) is 40.2. The average Bonchev–Trinajstić information content (AvgIpc) is 2.78. The maximum atomic E-state index is 12.8. The number of benzene rings is 2. The van der Waals surface area contributed by atoms with E-state index < -0.39 is 18.6 Å². The first-order valence-corrected chi connectivity index (χ1v) is 10.2. The monoisotopic (exact) mass is 446 g/mol. The number of carbonyl (C=O) groups excluding carboxylic acids is 3. The van der Waals surface area contributed by atoms with Gasteiger partial charge in [-0.05, 0) is 38.1 Å². The number of ether oxygens (including phenoxy) is 2. The van der Waals surface area contributed by atoms with Gasteiger partial charge in [0.05, 0.1) is 5.56 Å². The molecule has 1 saturated heterocycles. The summed E-state index contributed by atoms with van der Waals surface area (Å²) in [7, 11) is 0. The predicted octanol–water partition coefficient (Wildman–Crippen LogP) is 3.24. The summed E-state index contributed by atoms with van der Waals surface area (Å²) < 4.78 is 35.4. The zero-order chi connectivity index (χ0) is 23.3. The highest BCUT2D eigenvalue weighted by molar-refractivity contribution is 5.97. The van der Waals surface area contributed by atoms with E-state index in [9.17, 15) is 23.2 Å². The number of rotatable bonds is 7. The second-order valence-electron chi connectivity index (χ2n) is 7.34. The van der Waals surface area contributed by atoms with Gasteiger partial charge in [0.1, 0.15) is 11.5 Å². The van der Waals surface area contributed by atoms with Crippen LogP contribution in [0.1, 0.15) is 34.6 Å². The predicted molar refractivity (Wildman–Crippen MR) is 112 cm³/mol. The van der Waals surface area contributed by atoms with Gasteiger partial charge >= 0.3 is 6.61 Å². The van der Waals surface area contributed by atoms with Crippen LogP contribution in [0.3, 0.4) is 0 Å². The van der Waals surface area contributed by atoms with Crippen LogP contribution < -0.4 is 9.47 Å². The molecule has 1 unspecified atom stereocenters. The van der Waals surface area contributed by atoms with Gasteiger partial charge in [0.25, 0.3) is 11.8 Å². The number of ketones is 1. The molecule has 1 atom stereocenters. The topological polar surface area (TPSA) is 76.2 Å². The minimum Gasteiger partial charge on any atom is -0.481 e. The summed E-state index contributed by atoms with van der Waals surface area (Å²) in [6.07, 6.45) is -0.778. The molecule has 1 fully saturated rings. The fourth-order valence-electron chi connectivity index (χ4n) is 3.44. The van der Waals surface area contributed by atoms with Gasteiger partial charge in [-0.15, -0.1) is 0 Å². The van der Waals surface area contributed by atoms with E-state index >= 15 is 0 Å².